The van der Waals surface area contributed by atoms with Crippen LogP contribution in [0.25, 0.3) is 16.6 Å². The van der Waals surface area contributed by atoms with E-state index in [9.17, 15) is 19.2 Å². The summed E-state index contributed by atoms with van der Waals surface area (Å²) in [5, 5.41) is 4.22. The van der Waals surface area contributed by atoms with Gasteiger partial charge in [0.15, 0.2) is 0 Å². The molecule has 2 aromatic heterocycles. The first-order valence-corrected chi connectivity index (χ1v) is 18.1. The van der Waals surface area contributed by atoms with Crippen LogP contribution in [-0.2, 0) is 47.2 Å². The number of esters is 2. The maximum absolute atomic E-state index is 13.8. The fourth-order valence-electron chi connectivity index (χ4n) is 6.11. The van der Waals surface area contributed by atoms with Crippen LogP contribution in [0.5, 0.6) is 0 Å². The predicted octanol–water partition coefficient (Wildman–Crippen LogP) is 4.95. The molecule has 6 rings (SSSR count). The van der Waals surface area contributed by atoms with Crippen LogP contribution in [0.1, 0.15) is 68.0 Å². The fourth-order valence-corrected chi connectivity index (χ4v) is 9.14. The van der Waals surface area contributed by atoms with Crippen molar-refractivity contribution in [2.24, 2.45) is 0 Å². The number of hydrogen-bond acceptors (Lipinski definition) is 11. The van der Waals surface area contributed by atoms with Crippen LogP contribution < -0.4 is 10.9 Å². The van der Waals surface area contributed by atoms with E-state index in [-0.39, 0.29) is 56.5 Å². The molecule has 0 bridgehead atoms. The quantitative estimate of drug-likeness (QED) is 0.0898. The molecule has 3 aliphatic heterocycles. The minimum Gasteiger partial charge on any atom is -0.463 e. The smallest absolute Gasteiger partial charge is 0.408 e. The van der Waals surface area contributed by atoms with E-state index in [4.69, 9.17) is 23.9 Å². The third-order valence-electron chi connectivity index (χ3n) is 8.52. The number of cyclic esters (lactones) is 1. The van der Waals surface area contributed by atoms with Crippen LogP contribution in [0.3, 0.4) is 0 Å². The summed E-state index contributed by atoms with van der Waals surface area (Å²) in [6.07, 6.45) is 4.27. The number of amides is 1. The first-order valence-electron chi connectivity index (χ1n) is 15.7. The summed E-state index contributed by atoms with van der Waals surface area (Å²) in [6, 6.07) is 11.4. The van der Waals surface area contributed by atoms with Gasteiger partial charge in [0.2, 0.25) is 5.60 Å². The van der Waals surface area contributed by atoms with Crippen LogP contribution in [0, 0.1) is 0 Å². The Bertz CT molecular complexity index is 1690. The Kier molecular flexibility index (Phi) is 10.2. The average Bonchev–Trinajstić information content (AvgIpc) is 3.70. The molecule has 1 amide bonds. The standard InChI is InChI=1S/C33H37N3O8S2/c1-2-33(44-32(40)34-12-13-41-14-15-42-29(37)10-6-4-8-23-11-16-45-46-23)25-18-22-19-27-28(17-21-7-3-5-9-26(21)35-27)36(22)30(38)24(25)20-43-31(33)39/h3,5,7,9,17-18,23H,2,4,6,8,10-16,19-20H2,1H3,(H,34,40). The molecular formula is C33H37N3O8S2. The molecule has 1 aromatic carbocycles. The second-order valence-electron chi connectivity index (χ2n) is 11.5. The largest absolute Gasteiger partial charge is 0.463 e. The Labute approximate surface area is 274 Å². The Morgan fingerprint density at radius 2 is 2.02 bits per heavy atom. The van der Waals surface area contributed by atoms with Crippen molar-refractivity contribution < 1.29 is 33.3 Å². The van der Waals surface area contributed by atoms with Gasteiger partial charge in [0.05, 0.1) is 35.7 Å². The number of nitrogens with zero attached hydrogens (tertiary/aromatic N) is 2. The van der Waals surface area contributed by atoms with Gasteiger partial charge in [-0.05, 0) is 43.9 Å². The number of benzene rings is 1. The zero-order chi connectivity index (χ0) is 32.1. The number of carbonyl (C=O) groups is 3. The lowest BCUT2D eigenvalue weighted by atomic mass is 9.85. The van der Waals surface area contributed by atoms with E-state index in [0.717, 1.165) is 35.9 Å². The second-order valence-corrected chi connectivity index (χ2v) is 14.3. The number of unbranched alkanes of at least 4 members (excludes halogenated alkanes) is 1. The monoisotopic (exact) mass is 667 g/mol. The number of nitrogens with one attached hydrogen (secondary N) is 1. The minimum absolute atomic E-state index is 0.0741. The summed E-state index contributed by atoms with van der Waals surface area (Å²) in [7, 11) is 3.88. The molecule has 0 saturated carbocycles. The summed E-state index contributed by atoms with van der Waals surface area (Å²) < 4.78 is 23.5. The molecule has 1 saturated heterocycles. The van der Waals surface area contributed by atoms with Crippen LogP contribution in [-0.4, -0.2) is 65.0 Å². The molecule has 2 unspecified atom stereocenters. The van der Waals surface area contributed by atoms with Crippen molar-refractivity contribution in [1.29, 1.82) is 0 Å². The summed E-state index contributed by atoms with van der Waals surface area (Å²) >= 11 is 0. The molecule has 3 aliphatic rings. The van der Waals surface area contributed by atoms with Gasteiger partial charge >= 0.3 is 18.0 Å². The van der Waals surface area contributed by atoms with Gasteiger partial charge in [-0.1, -0.05) is 53.1 Å². The normalized spacial score (nSPS) is 19.7. The van der Waals surface area contributed by atoms with E-state index in [1.54, 1.807) is 17.6 Å². The molecule has 11 nitrogen and oxygen atoms in total. The summed E-state index contributed by atoms with van der Waals surface area (Å²) in [6.45, 7) is 2.07. The Morgan fingerprint density at radius 1 is 1.15 bits per heavy atom. The van der Waals surface area contributed by atoms with E-state index >= 15 is 0 Å². The highest BCUT2D eigenvalue weighted by Crippen LogP contribution is 2.40. The van der Waals surface area contributed by atoms with Gasteiger partial charge in [-0.3, -0.25) is 19.1 Å². The Morgan fingerprint density at radius 3 is 2.85 bits per heavy atom. The third kappa shape index (κ3) is 6.77. The number of fused-ring (bicyclic) bond motifs is 5. The van der Waals surface area contributed by atoms with Gasteiger partial charge in [0.1, 0.15) is 13.2 Å². The highest BCUT2D eigenvalue weighted by Gasteiger charge is 2.50. The number of rotatable bonds is 13. The lowest BCUT2D eigenvalue weighted by Gasteiger charge is -2.35. The molecule has 244 valence electrons. The van der Waals surface area contributed by atoms with Crippen molar-refractivity contribution >= 4 is 50.5 Å². The van der Waals surface area contributed by atoms with Gasteiger partial charge in [-0.25, -0.2) is 9.59 Å². The SMILES string of the molecule is CCC1(OC(=O)NCCOCCOC(=O)CCCCC2CCSS2)C(=O)OCc2c1cc1n(c2=O)-c2cc3ccccc3nc2C1. The van der Waals surface area contributed by atoms with Crippen molar-refractivity contribution in [3.8, 4) is 5.69 Å². The number of alkyl carbamates (subject to hydrolysis) is 1. The first kappa shape index (κ1) is 32.4. The summed E-state index contributed by atoms with van der Waals surface area (Å²) in [5.74, 6) is 0.255. The number of pyridine rings is 2. The molecule has 13 heteroatoms. The first-order chi connectivity index (χ1) is 22.4. The van der Waals surface area contributed by atoms with E-state index in [1.165, 1.54) is 12.2 Å². The van der Waals surface area contributed by atoms with E-state index in [1.807, 2.05) is 51.9 Å². The zero-order valence-electron chi connectivity index (χ0n) is 25.7. The van der Waals surface area contributed by atoms with Crippen LogP contribution in [0.15, 0.2) is 41.2 Å². The molecule has 1 fully saturated rings. The van der Waals surface area contributed by atoms with Gasteiger partial charge in [0, 0.05) is 47.0 Å². The molecule has 2 atom stereocenters. The van der Waals surface area contributed by atoms with Crippen LogP contribution in [0.2, 0.25) is 0 Å². The average molecular weight is 668 g/mol. The Hall–Kier alpha value is -3.55. The second kappa shape index (κ2) is 14.5. The van der Waals surface area contributed by atoms with Crippen molar-refractivity contribution in [3.63, 3.8) is 0 Å². The number of carbonyl (C=O) groups excluding carboxylic acids is 3. The molecule has 0 aliphatic carbocycles. The minimum atomic E-state index is -1.77. The van der Waals surface area contributed by atoms with Crippen molar-refractivity contribution in [2.75, 3.05) is 32.1 Å². The molecule has 46 heavy (non-hydrogen) atoms. The number of aromatic nitrogens is 2. The topological polar surface area (TPSA) is 135 Å². The van der Waals surface area contributed by atoms with Crippen LogP contribution in [0.4, 0.5) is 4.79 Å². The molecule has 1 N–H and O–H groups in total. The van der Waals surface area contributed by atoms with Crippen molar-refractivity contribution in [2.45, 2.75) is 69.3 Å². The molecule has 5 heterocycles. The van der Waals surface area contributed by atoms with Gasteiger partial charge in [0.25, 0.3) is 5.56 Å². The molecular weight excluding hydrogens is 631 g/mol. The maximum Gasteiger partial charge on any atom is 0.408 e. The Balaban J connectivity index is 1.00. The van der Waals surface area contributed by atoms with E-state index < -0.39 is 17.7 Å². The zero-order valence-corrected chi connectivity index (χ0v) is 27.3. The summed E-state index contributed by atoms with van der Waals surface area (Å²) in [5.41, 5.74) is 1.45. The number of ether oxygens (including phenoxy) is 4. The van der Waals surface area contributed by atoms with Crippen molar-refractivity contribution in [3.05, 3.63) is 69.3 Å². The van der Waals surface area contributed by atoms with Gasteiger partial charge < -0.3 is 24.3 Å². The highest BCUT2D eigenvalue weighted by atomic mass is 33.1. The third-order valence-corrected chi connectivity index (χ3v) is 11.5. The van der Waals surface area contributed by atoms with E-state index in [2.05, 4.69) is 5.32 Å². The lowest BCUT2D eigenvalue weighted by molar-refractivity contribution is -0.172. The van der Waals surface area contributed by atoms with E-state index in [0.29, 0.717) is 35.0 Å². The van der Waals surface area contributed by atoms with Gasteiger partial charge in [-0.2, -0.15) is 0 Å². The number of hydrogen-bond donors (Lipinski definition) is 1. The summed E-state index contributed by atoms with van der Waals surface area (Å²) in [4.78, 5) is 56.6. The molecule has 3 aromatic rings. The van der Waals surface area contributed by atoms with Crippen molar-refractivity contribution in [1.82, 2.24) is 14.9 Å². The molecule has 0 radical (unpaired) electrons. The lowest BCUT2D eigenvalue weighted by Crippen LogP contribution is -2.49. The van der Waals surface area contributed by atoms with Gasteiger partial charge in [-0.15, -0.1) is 0 Å². The van der Waals surface area contributed by atoms with Crippen LogP contribution >= 0.6 is 21.6 Å². The number of para-hydroxylation sites is 1. The highest BCUT2D eigenvalue weighted by molar-refractivity contribution is 8.77. The fraction of sp³-hybridized carbons (Fsp3) is 0.485. The predicted molar refractivity (Wildman–Crippen MR) is 175 cm³/mol. The molecule has 0 spiro atoms. The maximum atomic E-state index is 13.8.